The Balaban J connectivity index is 3.12. The van der Waals surface area contributed by atoms with Crippen molar-refractivity contribution in [1.29, 1.82) is 0 Å². The smallest absolute Gasteiger partial charge is 0.434 e. The maximum absolute atomic E-state index is 11.3. The highest BCUT2D eigenvalue weighted by molar-refractivity contribution is 5.70. The second-order valence-corrected chi connectivity index (χ2v) is 4.30. The minimum absolute atomic E-state index is 0.0516. The van der Waals surface area contributed by atoms with Crippen molar-refractivity contribution in [1.82, 2.24) is 9.78 Å². The van der Waals surface area contributed by atoms with Crippen LogP contribution in [0.4, 0.5) is 4.79 Å². The summed E-state index contributed by atoms with van der Waals surface area (Å²) < 4.78 is 5.88. The summed E-state index contributed by atoms with van der Waals surface area (Å²) in [7, 11) is 1.35. The Bertz CT molecular complexity index is 347. The minimum Gasteiger partial charge on any atom is -0.451 e. The summed E-state index contributed by atoms with van der Waals surface area (Å²) in [6.45, 7) is 7.99. The summed E-state index contributed by atoms with van der Waals surface area (Å²) in [5, 5.41) is 4.19. The Kier molecular flexibility index (Phi) is 2.64. The molecule has 0 unspecified atom stereocenters. The average molecular weight is 196 g/mol. The van der Waals surface area contributed by atoms with Crippen LogP contribution in [0.2, 0.25) is 0 Å². The average Bonchev–Trinajstić information content (AvgIpc) is 2.45. The molecule has 0 N–H and O–H groups in total. The third kappa shape index (κ3) is 1.95. The first-order chi connectivity index (χ1) is 6.36. The number of nitrogens with zero attached hydrogens (tertiary/aromatic N) is 2. The lowest BCUT2D eigenvalue weighted by Gasteiger charge is -2.13. The second-order valence-electron chi connectivity index (χ2n) is 4.30. The van der Waals surface area contributed by atoms with E-state index in [9.17, 15) is 4.79 Å². The van der Waals surface area contributed by atoms with Crippen LogP contribution < -0.4 is 0 Å². The number of carbonyl (C=O) groups is 1. The van der Waals surface area contributed by atoms with E-state index in [2.05, 4.69) is 30.6 Å². The number of rotatable bonds is 0. The molecule has 0 saturated carbocycles. The fourth-order valence-corrected chi connectivity index (χ4v) is 1.11. The van der Waals surface area contributed by atoms with Crippen molar-refractivity contribution in [2.75, 3.05) is 7.11 Å². The Hall–Kier alpha value is -1.32. The summed E-state index contributed by atoms with van der Waals surface area (Å²) >= 11 is 0. The van der Waals surface area contributed by atoms with Crippen LogP contribution in [0.25, 0.3) is 0 Å². The molecule has 14 heavy (non-hydrogen) atoms. The zero-order valence-corrected chi connectivity index (χ0v) is 9.29. The van der Waals surface area contributed by atoms with Gasteiger partial charge in [0.1, 0.15) is 0 Å². The van der Waals surface area contributed by atoms with Gasteiger partial charge in [0.25, 0.3) is 0 Å². The fraction of sp³-hybridized carbons (Fsp3) is 0.600. The van der Waals surface area contributed by atoms with E-state index in [1.807, 2.05) is 13.0 Å². The van der Waals surface area contributed by atoms with Gasteiger partial charge in [0.05, 0.1) is 12.8 Å². The van der Waals surface area contributed by atoms with Crippen molar-refractivity contribution < 1.29 is 9.53 Å². The third-order valence-corrected chi connectivity index (χ3v) is 2.00. The van der Waals surface area contributed by atoms with Crippen LogP contribution in [0.15, 0.2) is 6.07 Å². The molecule has 0 amide bonds. The maximum Gasteiger partial charge on any atom is 0.434 e. The molecular weight excluding hydrogens is 180 g/mol. The van der Waals surface area contributed by atoms with Crippen molar-refractivity contribution in [3.8, 4) is 0 Å². The largest absolute Gasteiger partial charge is 0.451 e. The van der Waals surface area contributed by atoms with E-state index in [1.54, 1.807) is 0 Å². The van der Waals surface area contributed by atoms with Gasteiger partial charge in [0, 0.05) is 11.1 Å². The monoisotopic (exact) mass is 196 g/mol. The number of ether oxygens (including phenoxy) is 1. The molecule has 0 saturated heterocycles. The molecule has 1 heterocycles. The van der Waals surface area contributed by atoms with Crippen LogP contribution in [0, 0.1) is 6.92 Å². The number of hydrogen-bond acceptors (Lipinski definition) is 3. The lowest BCUT2D eigenvalue weighted by Crippen LogP contribution is -2.17. The van der Waals surface area contributed by atoms with Gasteiger partial charge in [0.2, 0.25) is 0 Å². The maximum atomic E-state index is 11.3. The van der Waals surface area contributed by atoms with E-state index in [0.29, 0.717) is 0 Å². The topological polar surface area (TPSA) is 44.1 Å². The molecule has 1 aromatic rings. The standard InChI is InChI=1S/C10H16N2O2/c1-7-6-8(10(2,3)4)11-12(7)9(13)14-5/h6H,1-5H3. The molecule has 4 nitrogen and oxygen atoms in total. The first-order valence-electron chi connectivity index (χ1n) is 4.51. The molecule has 0 aliphatic heterocycles. The highest BCUT2D eigenvalue weighted by Gasteiger charge is 2.20. The molecule has 0 radical (unpaired) electrons. The van der Waals surface area contributed by atoms with E-state index in [4.69, 9.17) is 0 Å². The zero-order chi connectivity index (χ0) is 10.9. The summed E-state index contributed by atoms with van der Waals surface area (Å²) in [6, 6.07) is 1.90. The lowest BCUT2D eigenvalue weighted by atomic mass is 9.92. The number of aryl methyl sites for hydroxylation is 1. The van der Waals surface area contributed by atoms with Gasteiger partial charge in [-0.25, -0.2) is 4.79 Å². The summed E-state index contributed by atoms with van der Waals surface area (Å²) in [5.74, 6) is 0. The number of aromatic nitrogens is 2. The SMILES string of the molecule is COC(=O)n1nc(C(C)(C)C)cc1C. The number of carbonyl (C=O) groups excluding carboxylic acids is 1. The van der Waals surface area contributed by atoms with E-state index in [0.717, 1.165) is 11.4 Å². The Morgan fingerprint density at radius 2 is 2.07 bits per heavy atom. The summed E-state index contributed by atoms with van der Waals surface area (Å²) in [6.07, 6.45) is -0.446. The van der Waals surface area contributed by atoms with Gasteiger partial charge < -0.3 is 4.74 Å². The van der Waals surface area contributed by atoms with Gasteiger partial charge in [-0.3, -0.25) is 0 Å². The van der Waals surface area contributed by atoms with Crippen molar-refractivity contribution in [3.05, 3.63) is 17.5 Å². The third-order valence-electron chi connectivity index (χ3n) is 2.00. The molecule has 0 aliphatic carbocycles. The molecule has 0 spiro atoms. The highest BCUT2D eigenvalue weighted by Crippen LogP contribution is 2.21. The Morgan fingerprint density at radius 3 is 2.43 bits per heavy atom. The first-order valence-corrected chi connectivity index (χ1v) is 4.51. The van der Waals surface area contributed by atoms with Gasteiger partial charge >= 0.3 is 6.09 Å². The summed E-state index contributed by atoms with van der Waals surface area (Å²) in [5.41, 5.74) is 1.63. The van der Waals surface area contributed by atoms with Crippen molar-refractivity contribution in [2.24, 2.45) is 0 Å². The van der Waals surface area contributed by atoms with Crippen LogP contribution in [-0.4, -0.2) is 23.0 Å². The molecule has 78 valence electrons. The van der Waals surface area contributed by atoms with Gasteiger partial charge in [-0.15, -0.1) is 0 Å². The first kappa shape index (κ1) is 10.8. The Labute approximate surface area is 83.9 Å². The quantitative estimate of drug-likeness (QED) is 0.638. The van der Waals surface area contributed by atoms with E-state index in [-0.39, 0.29) is 5.41 Å². The van der Waals surface area contributed by atoms with Gasteiger partial charge in [-0.05, 0) is 13.0 Å². The minimum atomic E-state index is -0.446. The predicted octanol–water partition coefficient (Wildman–Crippen LogP) is 2.10. The van der Waals surface area contributed by atoms with Crippen LogP contribution in [0.1, 0.15) is 32.2 Å². The van der Waals surface area contributed by atoms with Gasteiger partial charge in [0.15, 0.2) is 0 Å². The van der Waals surface area contributed by atoms with Crippen molar-refractivity contribution in [3.63, 3.8) is 0 Å². The van der Waals surface area contributed by atoms with E-state index >= 15 is 0 Å². The van der Waals surface area contributed by atoms with E-state index in [1.165, 1.54) is 11.8 Å². The van der Waals surface area contributed by atoms with E-state index < -0.39 is 6.09 Å². The van der Waals surface area contributed by atoms with Crippen LogP contribution >= 0.6 is 0 Å². The number of methoxy groups -OCH3 is 1. The molecule has 1 aromatic heterocycles. The van der Waals surface area contributed by atoms with Gasteiger partial charge in [-0.2, -0.15) is 9.78 Å². The van der Waals surface area contributed by atoms with Crippen LogP contribution in [-0.2, 0) is 10.2 Å². The molecular formula is C10H16N2O2. The fourth-order valence-electron chi connectivity index (χ4n) is 1.11. The van der Waals surface area contributed by atoms with Gasteiger partial charge in [-0.1, -0.05) is 20.8 Å². The molecule has 0 bridgehead atoms. The molecule has 0 aliphatic rings. The van der Waals surface area contributed by atoms with Crippen LogP contribution in [0.5, 0.6) is 0 Å². The highest BCUT2D eigenvalue weighted by atomic mass is 16.5. The number of hydrogen-bond donors (Lipinski definition) is 0. The summed E-state index contributed by atoms with van der Waals surface area (Å²) in [4.78, 5) is 11.3. The molecule has 4 heteroatoms. The molecule has 0 fully saturated rings. The van der Waals surface area contributed by atoms with Crippen molar-refractivity contribution in [2.45, 2.75) is 33.1 Å². The molecule has 0 aromatic carbocycles. The predicted molar refractivity (Wildman–Crippen MR) is 53.5 cm³/mol. The van der Waals surface area contributed by atoms with Crippen LogP contribution in [0.3, 0.4) is 0 Å². The normalized spacial score (nSPS) is 11.5. The Morgan fingerprint density at radius 1 is 1.50 bits per heavy atom. The zero-order valence-electron chi connectivity index (χ0n) is 9.29. The second kappa shape index (κ2) is 3.44. The molecule has 1 rings (SSSR count). The lowest BCUT2D eigenvalue weighted by molar-refractivity contribution is 0.168. The molecule has 0 atom stereocenters. The van der Waals surface area contributed by atoms with Crippen molar-refractivity contribution >= 4 is 6.09 Å².